The van der Waals surface area contributed by atoms with Crippen molar-refractivity contribution in [1.29, 1.82) is 0 Å². The standard InChI is InChI=1S/C16H21N5/c1-15(2,3)12-17-10-8-7-9-11-18-13(16(4,5)6)20-14(19-12)21(10)11/h7-9H,1-6H3. The van der Waals surface area contributed by atoms with Gasteiger partial charge in [-0.3, -0.25) is 0 Å². The molecule has 0 amide bonds. The number of guanidine groups is 1. The Balaban J connectivity index is 2.16. The Hall–Kier alpha value is -2.04. The largest absolute Gasteiger partial charge is 0.246 e. The van der Waals surface area contributed by atoms with E-state index in [9.17, 15) is 0 Å². The highest BCUT2D eigenvalue weighted by Gasteiger charge is 2.35. The molecule has 0 atom stereocenters. The third kappa shape index (κ3) is 2.37. The lowest BCUT2D eigenvalue weighted by Crippen LogP contribution is -2.44. The summed E-state index contributed by atoms with van der Waals surface area (Å²) in [7, 11) is 0. The molecular weight excluding hydrogens is 262 g/mol. The molecule has 3 rings (SSSR count). The van der Waals surface area contributed by atoms with Crippen LogP contribution in [0.3, 0.4) is 0 Å². The Morgan fingerprint density at radius 1 is 0.810 bits per heavy atom. The summed E-state index contributed by atoms with van der Waals surface area (Å²) in [4.78, 5) is 20.6. The lowest BCUT2D eigenvalue weighted by molar-refractivity contribution is 0.564. The predicted molar refractivity (Wildman–Crippen MR) is 87.7 cm³/mol. The topological polar surface area (TPSA) is 52.7 Å². The molecule has 0 aromatic carbocycles. The van der Waals surface area contributed by atoms with Crippen molar-refractivity contribution in [3.05, 3.63) is 24.0 Å². The fourth-order valence-electron chi connectivity index (χ4n) is 2.12. The number of rotatable bonds is 0. The van der Waals surface area contributed by atoms with Gasteiger partial charge in [-0.2, -0.15) is 9.98 Å². The van der Waals surface area contributed by atoms with Gasteiger partial charge in [-0.25, -0.2) is 14.9 Å². The summed E-state index contributed by atoms with van der Waals surface area (Å²) in [6, 6.07) is 0. The average Bonchev–Trinajstić information content (AvgIpc) is 2.36. The van der Waals surface area contributed by atoms with Crippen molar-refractivity contribution in [2.75, 3.05) is 0 Å². The first kappa shape index (κ1) is 13.9. The summed E-state index contributed by atoms with van der Waals surface area (Å²) in [5.74, 6) is 3.94. The van der Waals surface area contributed by atoms with Gasteiger partial charge in [0.1, 0.15) is 23.3 Å². The number of nitrogens with zero attached hydrogens (tertiary/aromatic N) is 5. The molecule has 0 saturated carbocycles. The van der Waals surface area contributed by atoms with Crippen molar-refractivity contribution in [2.45, 2.75) is 41.5 Å². The minimum atomic E-state index is -0.118. The number of amidine groups is 3. The van der Waals surface area contributed by atoms with E-state index in [4.69, 9.17) is 0 Å². The highest BCUT2D eigenvalue weighted by atomic mass is 15.4. The summed E-state index contributed by atoms with van der Waals surface area (Å²) >= 11 is 0. The van der Waals surface area contributed by atoms with Gasteiger partial charge in [0.25, 0.3) is 0 Å². The molecule has 0 aliphatic carbocycles. The van der Waals surface area contributed by atoms with E-state index in [1.165, 1.54) is 0 Å². The summed E-state index contributed by atoms with van der Waals surface area (Å²) < 4.78 is 0. The van der Waals surface area contributed by atoms with E-state index >= 15 is 0 Å². The molecule has 0 radical (unpaired) electrons. The van der Waals surface area contributed by atoms with Crippen molar-refractivity contribution in [2.24, 2.45) is 30.8 Å². The quantitative estimate of drug-likeness (QED) is 0.672. The highest BCUT2D eigenvalue weighted by Crippen LogP contribution is 2.30. The Kier molecular flexibility index (Phi) is 2.80. The van der Waals surface area contributed by atoms with Crippen LogP contribution in [0.1, 0.15) is 41.5 Å². The molecule has 0 aromatic rings. The van der Waals surface area contributed by atoms with Gasteiger partial charge in [-0.15, -0.1) is 0 Å². The Labute approximate surface area is 125 Å². The number of aliphatic imine (C=N–C) groups is 4. The SMILES string of the molecule is CC(C)(C)C1=NC2=CC=CC3=NC(C(C)(C)C)=NC(=N1)N23. The van der Waals surface area contributed by atoms with Crippen LogP contribution in [-0.4, -0.2) is 28.4 Å². The summed E-state index contributed by atoms with van der Waals surface area (Å²) in [5, 5.41) is 0. The molecule has 0 aromatic heterocycles. The van der Waals surface area contributed by atoms with Crippen molar-refractivity contribution in [1.82, 2.24) is 4.90 Å². The lowest BCUT2D eigenvalue weighted by atomic mass is 9.94. The van der Waals surface area contributed by atoms with Gasteiger partial charge in [0.05, 0.1) is 0 Å². The maximum atomic E-state index is 4.67. The second kappa shape index (κ2) is 4.23. The van der Waals surface area contributed by atoms with Gasteiger partial charge in [0.2, 0.25) is 5.96 Å². The van der Waals surface area contributed by atoms with E-state index in [1.807, 2.05) is 23.1 Å². The third-order valence-corrected chi connectivity index (χ3v) is 3.34. The summed E-state index contributed by atoms with van der Waals surface area (Å²) in [5.41, 5.74) is -0.236. The summed E-state index contributed by atoms with van der Waals surface area (Å²) in [6.45, 7) is 12.6. The number of hydrogen-bond acceptors (Lipinski definition) is 5. The second-order valence-corrected chi connectivity index (χ2v) is 7.47. The van der Waals surface area contributed by atoms with Crippen LogP contribution >= 0.6 is 0 Å². The van der Waals surface area contributed by atoms with Crippen LogP contribution < -0.4 is 0 Å². The van der Waals surface area contributed by atoms with E-state index in [0.29, 0.717) is 5.96 Å². The van der Waals surface area contributed by atoms with E-state index in [0.717, 1.165) is 23.3 Å². The maximum Gasteiger partial charge on any atom is 0.240 e. The van der Waals surface area contributed by atoms with E-state index < -0.39 is 0 Å². The first-order valence-electron chi connectivity index (χ1n) is 7.20. The molecule has 5 heteroatoms. The normalized spacial score (nSPS) is 21.0. The van der Waals surface area contributed by atoms with Crippen LogP contribution in [-0.2, 0) is 0 Å². The molecule has 0 spiro atoms. The Morgan fingerprint density at radius 2 is 1.43 bits per heavy atom. The Morgan fingerprint density at radius 3 is 2.05 bits per heavy atom. The molecule has 21 heavy (non-hydrogen) atoms. The van der Waals surface area contributed by atoms with Gasteiger partial charge >= 0.3 is 0 Å². The first-order chi connectivity index (χ1) is 9.66. The molecule has 3 heterocycles. The van der Waals surface area contributed by atoms with Crippen LogP contribution in [0.15, 0.2) is 44.0 Å². The monoisotopic (exact) mass is 283 g/mol. The smallest absolute Gasteiger partial charge is 0.240 e. The van der Waals surface area contributed by atoms with Gasteiger partial charge in [0.15, 0.2) is 0 Å². The molecular formula is C16H21N5. The van der Waals surface area contributed by atoms with Crippen LogP contribution in [0.5, 0.6) is 0 Å². The number of hydrogen-bond donors (Lipinski definition) is 0. The molecule has 0 N–H and O–H groups in total. The van der Waals surface area contributed by atoms with Crippen LogP contribution in [0.25, 0.3) is 0 Å². The zero-order valence-electron chi connectivity index (χ0n) is 13.5. The van der Waals surface area contributed by atoms with Crippen molar-refractivity contribution in [3.8, 4) is 0 Å². The molecule has 0 saturated heterocycles. The first-order valence-corrected chi connectivity index (χ1v) is 7.20. The molecule has 5 nitrogen and oxygen atoms in total. The van der Waals surface area contributed by atoms with Gasteiger partial charge in [0, 0.05) is 10.8 Å². The third-order valence-electron chi connectivity index (χ3n) is 3.34. The zero-order valence-corrected chi connectivity index (χ0v) is 13.5. The van der Waals surface area contributed by atoms with Crippen LogP contribution in [0.2, 0.25) is 0 Å². The van der Waals surface area contributed by atoms with Crippen molar-refractivity contribution in [3.63, 3.8) is 0 Å². The summed E-state index contributed by atoms with van der Waals surface area (Å²) in [6.07, 6.45) is 5.91. The second-order valence-electron chi connectivity index (χ2n) is 7.47. The molecule has 3 aliphatic rings. The van der Waals surface area contributed by atoms with Crippen molar-refractivity contribution < 1.29 is 0 Å². The maximum absolute atomic E-state index is 4.67. The number of allylic oxidation sites excluding steroid dienone is 2. The average molecular weight is 283 g/mol. The molecule has 3 aliphatic heterocycles. The molecule has 0 fully saturated rings. The minimum absolute atomic E-state index is 0.118. The molecule has 110 valence electrons. The van der Waals surface area contributed by atoms with Crippen LogP contribution in [0.4, 0.5) is 0 Å². The minimum Gasteiger partial charge on any atom is -0.246 e. The lowest BCUT2D eigenvalue weighted by Gasteiger charge is -2.35. The van der Waals surface area contributed by atoms with E-state index in [2.05, 4.69) is 61.5 Å². The zero-order chi connectivity index (χ0) is 15.4. The highest BCUT2D eigenvalue weighted by molar-refractivity contribution is 6.21. The van der Waals surface area contributed by atoms with Gasteiger partial charge in [-0.1, -0.05) is 47.6 Å². The van der Waals surface area contributed by atoms with Crippen LogP contribution in [0, 0.1) is 10.8 Å². The van der Waals surface area contributed by atoms with Gasteiger partial charge < -0.3 is 0 Å². The van der Waals surface area contributed by atoms with Crippen molar-refractivity contribution >= 4 is 23.5 Å². The predicted octanol–water partition coefficient (Wildman–Crippen LogP) is 3.37. The fourth-order valence-corrected chi connectivity index (χ4v) is 2.12. The molecule has 0 unspecified atom stereocenters. The Bertz CT molecular complexity index is 658. The fraction of sp³-hybridized carbons (Fsp3) is 0.500. The van der Waals surface area contributed by atoms with E-state index in [1.54, 1.807) is 0 Å². The van der Waals surface area contributed by atoms with E-state index in [-0.39, 0.29) is 10.8 Å². The van der Waals surface area contributed by atoms with Gasteiger partial charge in [-0.05, 0) is 12.2 Å². The molecule has 0 bridgehead atoms.